The molecule has 0 aliphatic heterocycles. The van der Waals surface area contributed by atoms with E-state index in [-0.39, 0.29) is 6.42 Å². The fourth-order valence-corrected chi connectivity index (χ4v) is 1.90. The van der Waals surface area contributed by atoms with Crippen LogP contribution in [0.5, 0.6) is 0 Å². The van der Waals surface area contributed by atoms with Gasteiger partial charge in [-0.05, 0) is 12.0 Å². The molecule has 0 saturated carbocycles. The van der Waals surface area contributed by atoms with Crippen LogP contribution in [0.4, 0.5) is 27.6 Å². The summed E-state index contributed by atoms with van der Waals surface area (Å²) in [6.45, 7) is 1.35. The third-order valence-corrected chi connectivity index (χ3v) is 2.76. The number of nitrogens with zero attached hydrogens (tertiary/aromatic N) is 3. The van der Waals surface area contributed by atoms with Gasteiger partial charge in [0.05, 0.1) is 17.6 Å². The monoisotopic (exact) mass is 339 g/mol. The number of aromatic nitrogens is 1. The second-order valence-corrected chi connectivity index (χ2v) is 4.71. The summed E-state index contributed by atoms with van der Waals surface area (Å²) in [5.74, 6) is -1.78. The van der Waals surface area contributed by atoms with E-state index < -0.39 is 46.8 Å². The molecule has 0 atom stereocenters. The number of carbonyl (C=O) groups is 1. The first-order valence-electron chi connectivity index (χ1n) is 6.36. The van der Waals surface area contributed by atoms with Crippen molar-refractivity contribution in [1.82, 2.24) is 9.88 Å². The van der Waals surface area contributed by atoms with Crippen molar-refractivity contribution in [2.45, 2.75) is 25.9 Å². The predicted octanol–water partition coefficient (Wildman–Crippen LogP) is 3.52. The Morgan fingerprint density at radius 1 is 1.39 bits per heavy atom. The molecule has 128 valence electrons. The van der Waals surface area contributed by atoms with Gasteiger partial charge in [-0.25, -0.2) is 23.6 Å². The van der Waals surface area contributed by atoms with E-state index >= 15 is 0 Å². The summed E-state index contributed by atoms with van der Waals surface area (Å²) in [5.41, 5.74) is -5.19. The van der Waals surface area contributed by atoms with Crippen LogP contribution in [0.3, 0.4) is 0 Å². The van der Waals surface area contributed by atoms with Gasteiger partial charge >= 0.3 is 12.1 Å². The molecule has 0 bridgehead atoms. The molecule has 1 rings (SSSR count). The summed E-state index contributed by atoms with van der Waals surface area (Å²) >= 11 is 0. The minimum Gasteiger partial charge on any atom is -0.478 e. The maximum Gasteiger partial charge on any atom is 0.435 e. The summed E-state index contributed by atoms with van der Waals surface area (Å²) in [6, 6.07) is 0. The Balaban J connectivity index is 3.89. The molecule has 0 radical (unpaired) electrons. The molecule has 1 aromatic heterocycles. The quantitative estimate of drug-likeness (QED) is 0.506. The van der Waals surface area contributed by atoms with Crippen molar-refractivity contribution < 1.29 is 31.9 Å². The molecule has 10 heteroatoms. The first-order chi connectivity index (χ1) is 10.5. The van der Waals surface area contributed by atoms with Crippen molar-refractivity contribution in [3.63, 3.8) is 0 Å². The van der Waals surface area contributed by atoms with Crippen molar-refractivity contribution in [2.75, 3.05) is 14.1 Å². The standard InChI is InChI=1S/C13H14F5N3O2/c1-4-6-7(12(22)23)9(11(14)15)20-10(13(16,17)18)8(6)19-5-21(2)3/h5,11H,4H2,1-3H3,(H,22,23). The first-order valence-corrected chi connectivity index (χ1v) is 6.36. The average Bonchev–Trinajstić information content (AvgIpc) is 2.41. The van der Waals surface area contributed by atoms with E-state index in [1.165, 1.54) is 25.9 Å². The molecule has 0 spiro atoms. The lowest BCUT2D eigenvalue weighted by atomic mass is 10.00. The molecule has 0 unspecified atom stereocenters. The number of rotatable bonds is 5. The van der Waals surface area contributed by atoms with Gasteiger partial charge in [0.2, 0.25) is 0 Å². The Morgan fingerprint density at radius 3 is 2.30 bits per heavy atom. The van der Waals surface area contributed by atoms with Crippen molar-refractivity contribution in [1.29, 1.82) is 0 Å². The molecule has 23 heavy (non-hydrogen) atoms. The summed E-state index contributed by atoms with van der Waals surface area (Å²) in [4.78, 5) is 19.0. The maximum absolute atomic E-state index is 13.1. The lowest BCUT2D eigenvalue weighted by molar-refractivity contribution is -0.140. The number of pyridine rings is 1. The van der Waals surface area contributed by atoms with Gasteiger partial charge in [0.15, 0.2) is 5.69 Å². The van der Waals surface area contributed by atoms with Crippen LogP contribution < -0.4 is 0 Å². The molecule has 0 fully saturated rings. The molecule has 0 saturated heterocycles. The summed E-state index contributed by atoms with van der Waals surface area (Å²) < 4.78 is 65.3. The molecular formula is C13H14F5N3O2. The molecule has 1 heterocycles. The second-order valence-electron chi connectivity index (χ2n) is 4.71. The van der Waals surface area contributed by atoms with Crippen LogP contribution >= 0.6 is 0 Å². The number of hydrogen-bond acceptors (Lipinski definition) is 3. The van der Waals surface area contributed by atoms with Crippen LogP contribution in [0.15, 0.2) is 4.99 Å². The third-order valence-electron chi connectivity index (χ3n) is 2.76. The highest BCUT2D eigenvalue weighted by molar-refractivity contribution is 5.93. The number of aliphatic imine (C=N–C) groups is 1. The first kappa shape index (κ1) is 18.8. The highest BCUT2D eigenvalue weighted by atomic mass is 19.4. The Bertz CT molecular complexity index is 627. The molecule has 0 aliphatic rings. The normalized spacial score (nSPS) is 12.2. The molecule has 0 amide bonds. The zero-order valence-electron chi connectivity index (χ0n) is 12.4. The summed E-state index contributed by atoms with van der Waals surface area (Å²) in [5, 5.41) is 9.11. The van der Waals surface area contributed by atoms with Crippen LogP contribution in [-0.4, -0.2) is 41.4 Å². The van der Waals surface area contributed by atoms with Crippen LogP contribution in [0, 0.1) is 0 Å². The lowest BCUT2D eigenvalue weighted by Gasteiger charge is -2.18. The smallest absolute Gasteiger partial charge is 0.435 e. The van der Waals surface area contributed by atoms with Gasteiger partial charge in [0, 0.05) is 14.1 Å². The molecule has 1 aromatic rings. The van der Waals surface area contributed by atoms with Gasteiger partial charge in [-0.15, -0.1) is 0 Å². The minimum atomic E-state index is -5.05. The fraction of sp³-hybridized carbons (Fsp3) is 0.462. The van der Waals surface area contributed by atoms with Crippen LogP contribution in [0.2, 0.25) is 0 Å². The number of halogens is 5. The number of carboxylic acids is 1. The van der Waals surface area contributed by atoms with Gasteiger partial charge in [-0.1, -0.05) is 6.92 Å². The molecular weight excluding hydrogens is 325 g/mol. The summed E-state index contributed by atoms with van der Waals surface area (Å²) in [7, 11) is 2.98. The lowest BCUT2D eigenvalue weighted by Crippen LogP contribution is -2.18. The van der Waals surface area contributed by atoms with E-state index in [1.807, 2.05) is 0 Å². The zero-order valence-corrected chi connectivity index (χ0v) is 12.4. The van der Waals surface area contributed by atoms with Gasteiger partial charge < -0.3 is 10.0 Å². The maximum atomic E-state index is 13.1. The van der Waals surface area contributed by atoms with Gasteiger partial charge in [-0.2, -0.15) is 13.2 Å². The van der Waals surface area contributed by atoms with Gasteiger partial charge in [0.25, 0.3) is 6.43 Å². The Morgan fingerprint density at radius 2 is 1.96 bits per heavy atom. The van der Waals surface area contributed by atoms with E-state index in [4.69, 9.17) is 5.11 Å². The zero-order chi connectivity index (χ0) is 17.9. The second kappa shape index (κ2) is 6.88. The fourth-order valence-electron chi connectivity index (χ4n) is 1.90. The van der Waals surface area contributed by atoms with Crippen molar-refractivity contribution >= 4 is 18.0 Å². The molecule has 0 aromatic carbocycles. The SMILES string of the molecule is CCc1c(N=CN(C)C)c(C(F)(F)F)nc(C(F)F)c1C(=O)O. The van der Waals surface area contributed by atoms with Crippen LogP contribution in [0.25, 0.3) is 0 Å². The Hall–Kier alpha value is -2.26. The highest BCUT2D eigenvalue weighted by Crippen LogP contribution is 2.41. The highest BCUT2D eigenvalue weighted by Gasteiger charge is 2.40. The van der Waals surface area contributed by atoms with E-state index in [9.17, 15) is 26.7 Å². The largest absolute Gasteiger partial charge is 0.478 e. The third kappa shape index (κ3) is 4.14. The predicted molar refractivity (Wildman–Crippen MR) is 72.4 cm³/mol. The van der Waals surface area contributed by atoms with Gasteiger partial charge in [0.1, 0.15) is 5.69 Å². The van der Waals surface area contributed by atoms with E-state index in [0.29, 0.717) is 0 Å². The Kier molecular flexibility index (Phi) is 5.62. The minimum absolute atomic E-state index is 0.229. The number of hydrogen-bond donors (Lipinski definition) is 1. The molecule has 1 N–H and O–H groups in total. The van der Waals surface area contributed by atoms with Gasteiger partial charge in [-0.3, -0.25) is 0 Å². The van der Waals surface area contributed by atoms with Crippen molar-refractivity contribution in [3.8, 4) is 0 Å². The number of carboxylic acid groups (broad SMARTS) is 1. The van der Waals surface area contributed by atoms with E-state index in [0.717, 1.165) is 6.34 Å². The van der Waals surface area contributed by atoms with E-state index in [2.05, 4.69) is 9.98 Å². The van der Waals surface area contributed by atoms with Crippen molar-refractivity contribution in [3.05, 3.63) is 22.5 Å². The molecule has 0 aliphatic carbocycles. The average molecular weight is 339 g/mol. The van der Waals surface area contributed by atoms with Crippen LogP contribution in [-0.2, 0) is 12.6 Å². The summed E-state index contributed by atoms with van der Waals surface area (Å²) in [6.07, 6.45) is -7.73. The topological polar surface area (TPSA) is 65.8 Å². The number of alkyl halides is 5. The molecule has 5 nitrogen and oxygen atoms in total. The number of aromatic carboxylic acids is 1. The van der Waals surface area contributed by atoms with Crippen LogP contribution in [0.1, 0.15) is 40.7 Å². The van der Waals surface area contributed by atoms with E-state index in [1.54, 1.807) is 0 Å². The Labute approximate surface area is 128 Å². The van der Waals surface area contributed by atoms with Crippen molar-refractivity contribution in [2.24, 2.45) is 4.99 Å².